The third kappa shape index (κ3) is 15.2. The third-order valence-corrected chi connectivity index (χ3v) is 8.35. The third-order valence-electron chi connectivity index (χ3n) is 5.52. The Bertz CT molecular complexity index is 262. The van der Waals surface area contributed by atoms with Gasteiger partial charge in [0.2, 0.25) is 0 Å². The van der Waals surface area contributed by atoms with Crippen LogP contribution in [0.15, 0.2) is 0 Å². The molecule has 0 aromatic heterocycles. The van der Waals surface area contributed by atoms with Gasteiger partial charge in [-0.15, -0.1) is 0 Å². The van der Waals surface area contributed by atoms with Crippen LogP contribution < -0.4 is 0 Å². The Morgan fingerprint density at radius 2 is 0.692 bits per heavy atom. The van der Waals surface area contributed by atoms with Crippen molar-refractivity contribution < 1.29 is 13.3 Å². The summed E-state index contributed by atoms with van der Waals surface area (Å²) in [5, 5.41) is 0. The monoisotopic (exact) mass is 388 g/mol. The maximum atomic E-state index is 5.46. The van der Waals surface area contributed by atoms with Gasteiger partial charge < -0.3 is 13.3 Å². The quantitative estimate of drug-likeness (QED) is 0.150. The van der Waals surface area contributed by atoms with Gasteiger partial charge in [-0.1, -0.05) is 110 Å². The summed E-state index contributed by atoms with van der Waals surface area (Å²) in [4.78, 5) is 0. The molecule has 0 aromatic carbocycles. The zero-order chi connectivity index (χ0) is 19.3. The summed E-state index contributed by atoms with van der Waals surface area (Å²) in [5.41, 5.74) is 0. The normalized spacial score (nSPS) is 12.0. The predicted molar refractivity (Wildman–Crippen MR) is 116 cm³/mol. The summed E-state index contributed by atoms with van der Waals surface area (Å²) in [7, 11) is 2.78. The first-order valence-electron chi connectivity index (χ1n) is 11.4. The summed E-state index contributed by atoms with van der Waals surface area (Å²) >= 11 is 0. The average Bonchev–Trinajstić information content (AvgIpc) is 2.68. The van der Waals surface area contributed by atoms with Crippen LogP contribution in [0.25, 0.3) is 0 Å². The van der Waals surface area contributed by atoms with Crippen molar-refractivity contribution >= 4 is 8.80 Å². The summed E-state index contributed by atoms with van der Waals surface area (Å²) in [6.45, 7) is 2.29. The maximum Gasteiger partial charge on any atom is 0.500 e. The van der Waals surface area contributed by atoms with Crippen molar-refractivity contribution in [2.24, 2.45) is 0 Å². The molecule has 26 heavy (non-hydrogen) atoms. The van der Waals surface area contributed by atoms with E-state index in [0.29, 0.717) is 0 Å². The largest absolute Gasteiger partial charge is 0.500 e. The highest BCUT2D eigenvalue weighted by Gasteiger charge is 2.36. The molecule has 0 spiro atoms. The predicted octanol–water partition coefficient (Wildman–Crippen LogP) is 7.52. The van der Waals surface area contributed by atoms with Crippen LogP contribution in [0.1, 0.15) is 116 Å². The number of hydrogen-bond acceptors (Lipinski definition) is 3. The molecule has 3 nitrogen and oxygen atoms in total. The molecule has 0 aliphatic rings. The molecule has 0 saturated carbocycles. The molecular weight excluding hydrogens is 340 g/mol. The van der Waals surface area contributed by atoms with Crippen molar-refractivity contribution in [1.29, 1.82) is 0 Å². The molecule has 0 rings (SSSR count). The molecule has 0 bridgehead atoms. The maximum absolute atomic E-state index is 5.46. The van der Waals surface area contributed by atoms with Crippen molar-refractivity contribution in [2.45, 2.75) is 122 Å². The summed E-state index contributed by atoms with van der Waals surface area (Å²) in [6, 6.07) is 0.940. The van der Waals surface area contributed by atoms with Crippen LogP contribution >= 0.6 is 0 Å². The van der Waals surface area contributed by atoms with Crippen molar-refractivity contribution in [2.75, 3.05) is 21.3 Å². The molecule has 0 amide bonds. The van der Waals surface area contributed by atoms with Gasteiger partial charge in [-0.05, 0) is 6.42 Å². The van der Waals surface area contributed by atoms with Gasteiger partial charge in [-0.3, -0.25) is 0 Å². The van der Waals surface area contributed by atoms with E-state index in [1.54, 1.807) is 21.3 Å². The van der Waals surface area contributed by atoms with Gasteiger partial charge in [0.25, 0.3) is 0 Å². The van der Waals surface area contributed by atoms with Gasteiger partial charge in [0.15, 0.2) is 0 Å². The van der Waals surface area contributed by atoms with Gasteiger partial charge in [0.1, 0.15) is 0 Å². The summed E-state index contributed by atoms with van der Waals surface area (Å²) < 4.78 is 16.4. The van der Waals surface area contributed by atoms with E-state index >= 15 is 0 Å². The lowest BCUT2D eigenvalue weighted by Crippen LogP contribution is -2.42. The molecule has 0 radical (unpaired) electrons. The van der Waals surface area contributed by atoms with Crippen LogP contribution in [0.3, 0.4) is 0 Å². The Balaban J connectivity index is 3.20. The molecular formula is C22H48O3Si. The Morgan fingerprint density at radius 3 is 0.962 bits per heavy atom. The van der Waals surface area contributed by atoms with Gasteiger partial charge in [0, 0.05) is 27.4 Å². The van der Waals surface area contributed by atoms with Crippen molar-refractivity contribution in [3.05, 3.63) is 0 Å². The lowest BCUT2D eigenvalue weighted by Gasteiger charge is -2.24. The molecule has 0 atom stereocenters. The number of rotatable bonds is 21. The standard InChI is InChI=1S/C22H48O3Si/c1-5-6-7-8-9-10-11-12-13-14-15-16-17-18-19-20-21-22-26(23-2,24-3)25-4/h5-22H2,1-4H3. The smallest absolute Gasteiger partial charge is 0.377 e. The minimum atomic E-state index is -2.33. The van der Waals surface area contributed by atoms with Crippen LogP contribution in [0, 0.1) is 0 Å². The first-order chi connectivity index (χ1) is 12.7. The topological polar surface area (TPSA) is 27.7 Å². The van der Waals surface area contributed by atoms with Gasteiger partial charge in [0.05, 0.1) is 0 Å². The Hall–Kier alpha value is 0.0969. The van der Waals surface area contributed by atoms with E-state index in [0.717, 1.165) is 12.5 Å². The Labute approximate surface area is 165 Å². The fourth-order valence-electron chi connectivity index (χ4n) is 3.62. The minimum absolute atomic E-state index is 0.940. The summed E-state index contributed by atoms with van der Waals surface area (Å²) in [5.74, 6) is 0. The van der Waals surface area contributed by atoms with Crippen molar-refractivity contribution in [1.82, 2.24) is 0 Å². The highest BCUT2D eigenvalue weighted by atomic mass is 28.4. The van der Waals surface area contributed by atoms with E-state index in [4.69, 9.17) is 13.3 Å². The molecule has 0 saturated heterocycles. The highest BCUT2D eigenvalue weighted by Crippen LogP contribution is 2.19. The molecule has 158 valence electrons. The van der Waals surface area contributed by atoms with Crippen LogP contribution in [-0.2, 0) is 13.3 Å². The molecule has 4 heteroatoms. The second kappa shape index (κ2) is 19.8. The van der Waals surface area contributed by atoms with E-state index in [-0.39, 0.29) is 0 Å². The molecule has 0 aromatic rings. The molecule has 0 aliphatic heterocycles. The van der Waals surface area contributed by atoms with Crippen LogP contribution in [-0.4, -0.2) is 30.1 Å². The lowest BCUT2D eigenvalue weighted by atomic mass is 10.0. The van der Waals surface area contributed by atoms with Crippen LogP contribution in [0.5, 0.6) is 0 Å². The number of unbranched alkanes of at least 4 members (excludes halogenated alkanes) is 16. The molecule has 0 fully saturated rings. The first-order valence-corrected chi connectivity index (χ1v) is 13.3. The Kier molecular flexibility index (Phi) is 19.9. The molecule has 0 heterocycles. The molecule has 0 aliphatic carbocycles. The molecule has 0 N–H and O–H groups in total. The van der Waals surface area contributed by atoms with Crippen LogP contribution in [0.4, 0.5) is 0 Å². The zero-order valence-corrected chi connectivity index (χ0v) is 19.5. The van der Waals surface area contributed by atoms with E-state index in [1.807, 2.05) is 0 Å². The highest BCUT2D eigenvalue weighted by molar-refractivity contribution is 6.60. The van der Waals surface area contributed by atoms with E-state index in [2.05, 4.69) is 6.92 Å². The fraction of sp³-hybridized carbons (Fsp3) is 1.00. The zero-order valence-electron chi connectivity index (χ0n) is 18.5. The van der Waals surface area contributed by atoms with E-state index in [1.165, 1.54) is 103 Å². The Morgan fingerprint density at radius 1 is 0.423 bits per heavy atom. The first kappa shape index (κ1) is 26.1. The second-order valence-electron chi connectivity index (χ2n) is 7.70. The lowest BCUT2D eigenvalue weighted by molar-refractivity contribution is 0.122. The average molecular weight is 389 g/mol. The van der Waals surface area contributed by atoms with E-state index < -0.39 is 8.80 Å². The number of hydrogen-bond donors (Lipinski definition) is 0. The SMILES string of the molecule is CCCCCCCCCCCCCCCCCCC[Si](OC)(OC)OC. The van der Waals surface area contributed by atoms with Crippen LogP contribution in [0.2, 0.25) is 6.04 Å². The van der Waals surface area contributed by atoms with E-state index in [9.17, 15) is 0 Å². The van der Waals surface area contributed by atoms with Gasteiger partial charge in [-0.25, -0.2) is 0 Å². The summed E-state index contributed by atoms with van der Waals surface area (Å²) in [6.07, 6.45) is 23.8. The van der Waals surface area contributed by atoms with Crippen molar-refractivity contribution in [3.8, 4) is 0 Å². The second-order valence-corrected chi connectivity index (χ2v) is 10.8. The minimum Gasteiger partial charge on any atom is -0.377 e. The van der Waals surface area contributed by atoms with Gasteiger partial charge >= 0.3 is 8.80 Å². The fourth-order valence-corrected chi connectivity index (χ4v) is 5.42. The van der Waals surface area contributed by atoms with Crippen molar-refractivity contribution in [3.63, 3.8) is 0 Å². The molecule has 0 unspecified atom stereocenters. The van der Waals surface area contributed by atoms with Gasteiger partial charge in [-0.2, -0.15) is 0 Å².